The highest BCUT2D eigenvalue weighted by Gasteiger charge is 2.38. The fourth-order valence-corrected chi connectivity index (χ4v) is 0.968. The summed E-state index contributed by atoms with van der Waals surface area (Å²) in [4.78, 5) is 0. The predicted octanol–water partition coefficient (Wildman–Crippen LogP) is 3.20. The molecule has 1 nitrogen and oxygen atoms in total. The topological polar surface area (TPSA) is 20.2 Å². The van der Waals surface area contributed by atoms with Crippen molar-refractivity contribution in [3.63, 3.8) is 0 Å². The molecule has 0 bridgehead atoms. The number of aromatic hydroxyl groups is 1. The maximum absolute atomic E-state index is 12.7. The highest BCUT2D eigenvalue weighted by atomic mass is 35.5. The first kappa shape index (κ1) is 10.1. The maximum Gasteiger partial charge on any atom is 0.422 e. The summed E-state index contributed by atoms with van der Waals surface area (Å²) < 4.78 is 48.8. The van der Waals surface area contributed by atoms with Gasteiger partial charge in [-0.3, -0.25) is 0 Å². The monoisotopic (exact) mass is 214 g/mol. The Morgan fingerprint density at radius 3 is 2.15 bits per heavy atom. The van der Waals surface area contributed by atoms with Crippen molar-refractivity contribution in [1.82, 2.24) is 0 Å². The fourth-order valence-electron chi connectivity index (χ4n) is 0.810. The number of phenols is 1. The minimum atomic E-state index is -4.95. The van der Waals surface area contributed by atoms with Crippen molar-refractivity contribution in [2.24, 2.45) is 0 Å². The van der Waals surface area contributed by atoms with Gasteiger partial charge >= 0.3 is 6.18 Å². The minimum absolute atomic E-state index is 0.676. The van der Waals surface area contributed by atoms with Crippen LogP contribution in [0.25, 0.3) is 0 Å². The van der Waals surface area contributed by atoms with E-state index < -0.39 is 28.3 Å². The molecule has 1 rings (SSSR count). The zero-order chi connectivity index (χ0) is 10.2. The Morgan fingerprint density at radius 1 is 1.23 bits per heavy atom. The molecule has 13 heavy (non-hydrogen) atoms. The van der Waals surface area contributed by atoms with Gasteiger partial charge in [0.2, 0.25) is 0 Å². The highest BCUT2D eigenvalue weighted by molar-refractivity contribution is 6.30. The molecule has 0 radical (unpaired) electrons. The Balaban J connectivity index is 3.43. The van der Waals surface area contributed by atoms with E-state index >= 15 is 0 Å². The van der Waals surface area contributed by atoms with E-state index in [9.17, 15) is 17.6 Å². The smallest absolute Gasteiger partial charge is 0.422 e. The number of hydrogen-bond acceptors (Lipinski definition) is 1. The average Bonchev–Trinajstić information content (AvgIpc) is 1.95. The van der Waals surface area contributed by atoms with Crippen LogP contribution in [0.1, 0.15) is 5.56 Å². The first-order chi connectivity index (χ1) is 5.84. The third-order valence-electron chi connectivity index (χ3n) is 1.36. The number of hydrogen-bond donors (Lipinski definition) is 1. The number of phenolic OH excluding ortho intramolecular Hbond substituents is 1. The van der Waals surface area contributed by atoms with Crippen molar-refractivity contribution in [2.75, 3.05) is 0 Å². The molecule has 0 aliphatic heterocycles. The largest absolute Gasteiger partial charge is 0.507 e. The molecule has 1 aromatic rings. The second kappa shape index (κ2) is 3.06. The van der Waals surface area contributed by atoms with Gasteiger partial charge in [-0.2, -0.15) is 13.2 Å². The van der Waals surface area contributed by atoms with Crippen molar-refractivity contribution in [1.29, 1.82) is 0 Å². The van der Waals surface area contributed by atoms with Crippen LogP contribution in [0.2, 0.25) is 5.02 Å². The van der Waals surface area contributed by atoms with E-state index in [0.717, 1.165) is 6.07 Å². The number of benzene rings is 1. The molecular weight excluding hydrogens is 212 g/mol. The summed E-state index contributed by atoms with van der Waals surface area (Å²) in [5, 5.41) is 8.06. The van der Waals surface area contributed by atoms with Gasteiger partial charge in [0.25, 0.3) is 0 Å². The average molecular weight is 215 g/mol. The molecule has 0 aliphatic rings. The lowest BCUT2D eigenvalue weighted by molar-refractivity contribution is -0.141. The summed E-state index contributed by atoms with van der Waals surface area (Å²) >= 11 is 5.11. The Labute approximate surface area is 75.6 Å². The number of alkyl halides is 3. The maximum atomic E-state index is 12.7. The molecule has 0 aliphatic carbocycles. The second-order valence-corrected chi connectivity index (χ2v) is 2.66. The quantitative estimate of drug-likeness (QED) is 0.658. The van der Waals surface area contributed by atoms with Crippen LogP contribution in [0.4, 0.5) is 17.6 Å². The molecule has 0 saturated heterocycles. The highest BCUT2D eigenvalue weighted by Crippen LogP contribution is 2.39. The Morgan fingerprint density at radius 2 is 1.77 bits per heavy atom. The van der Waals surface area contributed by atoms with E-state index in [1.54, 1.807) is 0 Å². The van der Waals surface area contributed by atoms with Crippen LogP contribution >= 0.6 is 11.6 Å². The molecule has 6 heteroatoms. The van der Waals surface area contributed by atoms with Crippen molar-refractivity contribution in [3.05, 3.63) is 28.5 Å². The Kier molecular flexibility index (Phi) is 2.38. The lowest BCUT2D eigenvalue weighted by Crippen LogP contribution is -2.08. The number of halogens is 5. The summed E-state index contributed by atoms with van der Waals surface area (Å²) in [6.07, 6.45) is -4.95. The van der Waals surface area contributed by atoms with Crippen LogP contribution in [-0.4, -0.2) is 5.11 Å². The zero-order valence-electron chi connectivity index (χ0n) is 5.99. The molecule has 0 unspecified atom stereocenters. The van der Waals surface area contributed by atoms with Crippen LogP contribution in [0.3, 0.4) is 0 Å². The van der Waals surface area contributed by atoms with Crippen molar-refractivity contribution in [3.8, 4) is 5.75 Å². The van der Waals surface area contributed by atoms with E-state index in [1.807, 2.05) is 0 Å². The molecule has 1 N–H and O–H groups in total. The molecule has 0 atom stereocenters. The Hall–Kier alpha value is -0.970. The predicted molar refractivity (Wildman–Crippen MR) is 38.1 cm³/mol. The van der Waals surface area contributed by atoms with Crippen molar-refractivity contribution in [2.45, 2.75) is 6.18 Å². The van der Waals surface area contributed by atoms with E-state index in [-0.39, 0.29) is 0 Å². The second-order valence-electron chi connectivity index (χ2n) is 2.25. The zero-order valence-corrected chi connectivity index (χ0v) is 6.75. The van der Waals surface area contributed by atoms with E-state index in [4.69, 9.17) is 16.7 Å². The van der Waals surface area contributed by atoms with Gasteiger partial charge in [-0.25, -0.2) is 4.39 Å². The van der Waals surface area contributed by atoms with Gasteiger partial charge in [0, 0.05) is 0 Å². The molecule has 72 valence electrons. The van der Waals surface area contributed by atoms with E-state index in [1.165, 1.54) is 0 Å². The fraction of sp³-hybridized carbons (Fsp3) is 0.143. The van der Waals surface area contributed by atoms with E-state index in [2.05, 4.69) is 0 Å². The SMILES string of the molecule is Oc1ccc(Cl)c(F)c1C(F)(F)F. The van der Waals surface area contributed by atoms with E-state index in [0.29, 0.717) is 6.07 Å². The van der Waals surface area contributed by atoms with Crippen LogP contribution in [0, 0.1) is 5.82 Å². The van der Waals surface area contributed by atoms with Gasteiger partial charge in [0.1, 0.15) is 11.3 Å². The van der Waals surface area contributed by atoms with Gasteiger partial charge in [0.15, 0.2) is 5.82 Å². The van der Waals surface area contributed by atoms with Crippen LogP contribution in [0.5, 0.6) is 5.75 Å². The molecule has 0 fully saturated rings. The third-order valence-corrected chi connectivity index (χ3v) is 1.65. The summed E-state index contributed by atoms with van der Waals surface area (Å²) in [6, 6.07) is 1.54. The van der Waals surface area contributed by atoms with Gasteiger partial charge in [-0.1, -0.05) is 11.6 Å². The van der Waals surface area contributed by atoms with Crippen LogP contribution in [0.15, 0.2) is 12.1 Å². The lowest BCUT2D eigenvalue weighted by atomic mass is 10.2. The first-order valence-electron chi connectivity index (χ1n) is 3.08. The first-order valence-corrected chi connectivity index (χ1v) is 3.46. The van der Waals surface area contributed by atoms with Crippen molar-refractivity contribution >= 4 is 11.6 Å². The van der Waals surface area contributed by atoms with Gasteiger partial charge < -0.3 is 5.11 Å². The molecule has 0 heterocycles. The van der Waals surface area contributed by atoms with Crippen molar-refractivity contribution < 1.29 is 22.7 Å². The molecule has 0 saturated carbocycles. The molecular formula is C7H3ClF4O. The summed E-state index contributed by atoms with van der Waals surface area (Å²) in [7, 11) is 0. The molecule has 0 spiro atoms. The number of rotatable bonds is 0. The Bertz CT molecular complexity index is 334. The molecule has 0 amide bonds. The van der Waals surface area contributed by atoms with Crippen LogP contribution < -0.4 is 0 Å². The van der Waals surface area contributed by atoms with Gasteiger partial charge in [-0.15, -0.1) is 0 Å². The van der Waals surface area contributed by atoms with Gasteiger partial charge in [0.05, 0.1) is 5.02 Å². The summed E-state index contributed by atoms with van der Waals surface area (Å²) in [6.45, 7) is 0. The molecule has 0 aromatic heterocycles. The lowest BCUT2D eigenvalue weighted by Gasteiger charge is -2.10. The standard InChI is InChI=1S/C7H3ClF4O/c8-3-1-2-4(13)5(6(3)9)7(10,11)12/h1-2,13H. The van der Waals surface area contributed by atoms with Crippen LogP contribution in [-0.2, 0) is 6.18 Å². The summed E-state index contributed by atoms with van der Waals surface area (Å²) in [5.41, 5.74) is -1.74. The normalized spacial score (nSPS) is 11.8. The molecule has 1 aromatic carbocycles. The third kappa shape index (κ3) is 1.85. The van der Waals surface area contributed by atoms with Gasteiger partial charge in [-0.05, 0) is 12.1 Å². The summed E-state index contributed by atoms with van der Waals surface area (Å²) in [5.74, 6) is -2.83. The minimum Gasteiger partial charge on any atom is -0.507 e.